The Morgan fingerprint density at radius 2 is 1.89 bits per heavy atom. The third-order valence-electron chi connectivity index (χ3n) is 5.85. The molecule has 0 radical (unpaired) electrons. The van der Waals surface area contributed by atoms with Crippen LogP contribution in [0.15, 0.2) is 59.8 Å². The number of para-hydroxylation sites is 1. The topological polar surface area (TPSA) is 83.6 Å². The second-order valence-electron chi connectivity index (χ2n) is 8.16. The molecule has 1 aliphatic carbocycles. The van der Waals surface area contributed by atoms with Gasteiger partial charge in [0.05, 0.1) is 5.56 Å². The number of nitriles is 1. The average Bonchev–Trinajstić information content (AvgIpc) is 3.46. The number of nitrogens with one attached hydrogen (secondary N) is 1. The van der Waals surface area contributed by atoms with Gasteiger partial charge in [0.15, 0.2) is 11.0 Å². The minimum atomic E-state index is -0.314. The zero-order chi connectivity index (χ0) is 24.2. The van der Waals surface area contributed by atoms with Crippen molar-refractivity contribution < 1.29 is 9.18 Å². The maximum Gasteiger partial charge on any atom is 0.225 e. The molecule has 2 aromatic carbocycles. The predicted octanol–water partition coefficient (Wildman–Crippen LogP) is 6.01. The highest BCUT2D eigenvalue weighted by atomic mass is 32.2. The number of fused-ring (bicyclic) bond motifs is 1. The molecule has 0 aliphatic heterocycles. The Morgan fingerprint density at radius 3 is 2.66 bits per heavy atom. The molecule has 1 amide bonds. The van der Waals surface area contributed by atoms with Crippen LogP contribution in [0, 0.1) is 17.1 Å². The Hall–Kier alpha value is -3.48. The summed E-state index contributed by atoms with van der Waals surface area (Å²) < 4.78 is 15.4. The van der Waals surface area contributed by atoms with Crippen molar-refractivity contribution in [3.8, 4) is 23.1 Å². The quantitative estimate of drug-likeness (QED) is 0.313. The predicted molar refractivity (Wildman–Crippen MR) is 136 cm³/mol. The Balaban J connectivity index is 1.31. The number of thiophene rings is 1. The Labute approximate surface area is 210 Å². The number of anilines is 1. The summed E-state index contributed by atoms with van der Waals surface area (Å²) in [6.07, 6.45) is 4.37. The molecule has 2 aromatic heterocycles. The van der Waals surface area contributed by atoms with E-state index in [-0.39, 0.29) is 18.1 Å². The molecule has 0 bridgehead atoms. The van der Waals surface area contributed by atoms with Gasteiger partial charge in [-0.2, -0.15) is 5.26 Å². The summed E-state index contributed by atoms with van der Waals surface area (Å²) in [6, 6.07) is 18.1. The lowest BCUT2D eigenvalue weighted by molar-refractivity contribution is -0.115. The number of aryl methyl sites for hydroxylation is 1. The summed E-state index contributed by atoms with van der Waals surface area (Å²) in [4.78, 5) is 13.9. The molecule has 1 N–H and O–H groups in total. The van der Waals surface area contributed by atoms with E-state index in [0.29, 0.717) is 27.3 Å². The van der Waals surface area contributed by atoms with Crippen LogP contribution in [0.3, 0.4) is 0 Å². The van der Waals surface area contributed by atoms with Gasteiger partial charge in [0, 0.05) is 28.3 Å². The van der Waals surface area contributed by atoms with Gasteiger partial charge in [-0.3, -0.25) is 9.36 Å². The van der Waals surface area contributed by atoms with Crippen LogP contribution < -0.4 is 5.32 Å². The lowest BCUT2D eigenvalue weighted by atomic mass is 9.96. The van der Waals surface area contributed by atoms with Crippen LogP contribution in [-0.4, -0.2) is 26.4 Å². The van der Waals surface area contributed by atoms with Gasteiger partial charge in [0.25, 0.3) is 0 Å². The Bertz CT molecular complexity index is 1390. The molecule has 4 aromatic rings. The number of nitrogens with zero attached hydrogens (tertiary/aromatic N) is 4. The Kier molecular flexibility index (Phi) is 6.93. The molecule has 1 aliphatic rings. The SMILES string of the molecule is N#Cc1c(NC(=O)CCSc2nnc(-c3ccc(F)cc3)n2-c2ccccc2)sc2c1CCCC2. The van der Waals surface area contributed by atoms with Crippen molar-refractivity contribution in [1.29, 1.82) is 5.26 Å². The summed E-state index contributed by atoms with van der Waals surface area (Å²) in [7, 11) is 0. The first-order valence-electron chi connectivity index (χ1n) is 11.4. The molecule has 0 atom stereocenters. The molecule has 6 nitrogen and oxygen atoms in total. The second-order valence-corrected chi connectivity index (χ2v) is 10.3. The number of carbonyl (C=O) groups excluding carboxylic acids is 1. The number of carbonyl (C=O) groups is 1. The standard InChI is InChI=1S/C26H22FN5OS2/c27-18-12-10-17(11-13-18)24-30-31-26(32(24)19-6-2-1-3-7-19)34-15-14-23(33)29-25-21(16-28)20-8-4-5-9-22(20)35-25/h1-3,6-7,10-13H,4-5,8-9,14-15H2,(H,29,33). The van der Waals surface area contributed by atoms with Gasteiger partial charge in [0.2, 0.25) is 5.91 Å². The largest absolute Gasteiger partial charge is 0.317 e. The number of benzene rings is 2. The van der Waals surface area contributed by atoms with E-state index in [1.807, 2.05) is 34.9 Å². The van der Waals surface area contributed by atoms with E-state index >= 15 is 0 Å². The van der Waals surface area contributed by atoms with E-state index < -0.39 is 0 Å². The molecule has 176 valence electrons. The first-order chi connectivity index (χ1) is 17.1. The molecule has 5 rings (SSSR count). The second kappa shape index (κ2) is 10.4. The Morgan fingerprint density at radius 1 is 1.11 bits per heavy atom. The summed E-state index contributed by atoms with van der Waals surface area (Å²) in [5, 5.41) is 22.6. The van der Waals surface area contributed by atoms with Crippen LogP contribution in [0.2, 0.25) is 0 Å². The highest BCUT2D eigenvalue weighted by molar-refractivity contribution is 7.99. The summed E-state index contributed by atoms with van der Waals surface area (Å²) in [6.45, 7) is 0. The van der Waals surface area contributed by atoms with Crippen molar-refractivity contribution in [1.82, 2.24) is 14.8 Å². The number of amides is 1. The van der Waals surface area contributed by atoms with Crippen molar-refractivity contribution in [2.24, 2.45) is 0 Å². The highest BCUT2D eigenvalue weighted by Crippen LogP contribution is 2.37. The fourth-order valence-electron chi connectivity index (χ4n) is 4.16. The number of hydrogen-bond donors (Lipinski definition) is 1. The molecule has 0 saturated heterocycles. The van der Waals surface area contributed by atoms with Crippen molar-refractivity contribution in [3.63, 3.8) is 0 Å². The third kappa shape index (κ3) is 4.99. The van der Waals surface area contributed by atoms with Gasteiger partial charge in [-0.15, -0.1) is 21.5 Å². The van der Waals surface area contributed by atoms with Crippen LogP contribution in [-0.2, 0) is 17.6 Å². The van der Waals surface area contributed by atoms with Gasteiger partial charge in [0.1, 0.15) is 16.9 Å². The number of hydrogen-bond acceptors (Lipinski definition) is 6. The first kappa shape index (κ1) is 23.3. The van der Waals surface area contributed by atoms with E-state index in [0.717, 1.165) is 42.5 Å². The van der Waals surface area contributed by atoms with Gasteiger partial charge >= 0.3 is 0 Å². The van der Waals surface area contributed by atoms with E-state index in [4.69, 9.17) is 0 Å². The molecule has 0 fully saturated rings. The van der Waals surface area contributed by atoms with Gasteiger partial charge in [-0.1, -0.05) is 30.0 Å². The lowest BCUT2D eigenvalue weighted by Gasteiger charge is -2.10. The molecular weight excluding hydrogens is 481 g/mol. The van der Waals surface area contributed by atoms with E-state index in [9.17, 15) is 14.4 Å². The normalized spacial score (nSPS) is 12.7. The third-order valence-corrected chi connectivity index (χ3v) is 7.98. The van der Waals surface area contributed by atoms with E-state index in [2.05, 4.69) is 21.6 Å². The van der Waals surface area contributed by atoms with Crippen LogP contribution in [0.5, 0.6) is 0 Å². The van der Waals surface area contributed by atoms with Crippen molar-refractivity contribution >= 4 is 34.0 Å². The monoisotopic (exact) mass is 503 g/mol. The zero-order valence-corrected chi connectivity index (χ0v) is 20.5. The number of rotatable bonds is 7. The zero-order valence-electron chi connectivity index (χ0n) is 18.8. The smallest absolute Gasteiger partial charge is 0.225 e. The van der Waals surface area contributed by atoms with Gasteiger partial charge in [-0.25, -0.2) is 4.39 Å². The van der Waals surface area contributed by atoms with Crippen LogP contribution in [0.25, 0.3) is 17.1 Å². The van der Waals surface area contributed by atoms with Crippen molar-refractivity contribution in [2.45, 2.75) is 37.3 Å². The fourth-order valence-corrected chi connectivity index (χ4v) is 6.30. The summed E-state index contributed by atoms with van der Waals surface area (Å²) >= 11 is 2.96. The molecule has 35 heavy (non-hydrogen) atoms. The van der Waals surface area contributed by atoms with Crippen LogP contribution >= 0.6 is 23.1 Å². The number of thioether (sulfide) groups is 1. The molecule has 9 heteroatoms. The van der Waals surface area contributed by atoms with Crippen molar-refractivity contribution in [2.75, 3.05) is 11.1 Å². The molecule has 0 saturated carbocycles. The molecule has 0 spiro atoms. The maximum absolute atomic E-state index is 13.4. The summed E-state index contributed by atoms with van der Waals surface area (Å²) in [5.74, 6) is 0.655. The number of aromatic nitrogens is 3. The fraction of sp³-hybridized carbons (Fsp3) is 0.231. The lowest BCUT2D eigenvalue weighted by Crippen LogP contribution is -2.12. The molecular formula is C26H22FN5OS2. The average molecular weight is 504 g/mol. The maximum atomic E-state index is 13.4. The van der Waals surface area contributed by atoms with Gasteiger partial charge in [-0.05, 0) is 67.6 Å². The van der Waals surface area contributed by atoms with Gasteiger partial charge < -0.3 is 5.32 Å². The molecule has 2 heterocycles. The molecule has 0 unspecified atom stereocenters. The highest BCUT2D eigenvalue weighted by Gasteiger charge is 2.22. The van der Waals surface area contributed by atoms with E-state index in [1.54, 1.807) is 12.1 Å². The number of halogens is 1. The minimum Gasteiger partial charge on any atom is -0.317 e. The summed E-state index contributed by atoms with van der Waals surface area (Å²) in [5.41, 5.74) is 3.36. The van der Waals surface area contributed by atoms with Crippen LogP contribution in [0.1, 0.15) is 35.3 Å². The minimum absolute atomic E-state index is 0.128. The first-order valence-corrected chi connectivity index (χ1v) is 13.2. The van der Waals surface area contributed by atoms with E-state index in [1.165, 1.54) is 40.1 Å². The van der Waals surface area contributed by atoms with Crippen LogP contribution in [0.4, 0.5) is 9.39 Å². The van der Waals surface area contributed by atoms with Crippen molar-refractivity contribution in [3.05, 3.63) is 76.4 Å².